The number of hydrogen-bond acceptors (Lipinski definition) is 2. The van der Waals surface area contributed by atoms with Gasteiger partial charge >= 0.3 is 0 Å². The summed E-state index contributed by atoms with van der Waals surface area (Å²) >= 11 is 12.3. The summed E-state index contributed by atoms with van der Waals surface area (Å²) < 4.78 is 2.17. The van der Waals surface area contributed by atoms with Crippen LogP contribution in [0.2, 0.25) is 10.0 Å². The lowest BCUT2D eigenvalue weighted by Crippen LogP contribution is -2.02. The van der Waals surface area contributed by atoms with Crippen LogP contribution in [0.25, 0.3) is 16.6 Å². The number of halogens is 2. The standard InChI is InChI=1S/C19H19Cl2N3/c1-3-13(12-22-14-8-6-5-7-9-14)19-23-17-10-15(20)16(21)11-18(17)24(19)4-2/h5-12,22H,3-4H2,1-2H3. The maximum absolute atomic E-state index is 6.18. The van der Waals surface area contributed by atoms with Crippen molar-refractivity contribution in [3.05, 3.63) is 64.5 Å². The molecule has 3 nitrogen and oxygen atoms in total. The average Bonchev–Trinajstić information content (AvgIpc) is 2.94. The maximum atomic E-state index is 6.18. The summed E-state index contributed by atoms with van der Waals surface area (Å²) in [6, 6.07) is 13.8. The van der Waals surface area contributed by atoms with Gasteiger partial charge < -0.3 is 9.88 Å². The van der Waals surface area contributed by atoms with E-state index in [1.807, 2.05) is 48.7 Å². The molecule has 0 radical (unpaired) electrons. The number of rotatable bonds is 5. The molecule has 1 heterocycles. The lowest BCUT2D eigenvalue weighted by atomic mass is 10.2. The normalized spacial score (nSPS) is 11.9. The number of hydrogen-bond donors (Lipinski definition) is 1. The third-order valence-corrected chi connectivity index (χ3v) is 4.68. The molecule has 124 valence electrons. The number of benzene rings is 2. The zero-order chi connectivity index (χ0) is 17.1. The summed E-state index contributed by atoms with van der Waals surface area (Å²) in [5.74, 6) is 0.941. The van der Waals surface area contributed by atoms with Gasteiger partial charge in [-0.1, -0.05) is 48.3 Å². The van der Waals surface area contributed by atoms with E-state index >= 15 is 0 Å². The van der Waals surface area contributed by atoms with E-state index in [1.54, 1.807) is 0 Å². The highest BCUT2D eigenvalue weighted by atomic mass is 35.5. The second-order valence-corrected chi connectivity index (χ2v) is 6.28. The van der Waals surface area contributed by atoms with Gasteiger partial charge in [0.15, 0.2) is 0 Å². The van der Waals surface area contributed by atoms with Gasteiger partial charge in [-0.15, -0.1) is 0 Å². The van der Waals surface area contributed by atoms with Gasteiger partial charge in [0.1, 0.15) is 5.82 Å². The molecule has 1 N–H and O–H groups in total. The molecule has 0 unspecified atom stereocenters. The van der Waals surface area contributed by atoms with Gasteiger partial charge in [0.25, 0.3) is 0 Å². The van der Waals surface area contributed by atoms with Crippen LogP contribution in [0.3, 0.4) is 0 Å². The smallest absolute Gasteiger partial charge is 0.138 e. The fraction of sp³-hybridized carbons (Fsp3) is 0.211. The number of anilines is 1. The van der Waals surface area contributed by atoms with Crippen molar-refractivity contribution in [2.45, 2.75) is 26.8 Å². The quantitative estimate of drug-likeness (QED) is 0.585. The van der Waals surface area contributed by atoms with Crippen molar-refractivity contribution < 1.29 is 0 Å². The van der Waals surface area contributed by atoms with E-state index in [9.17, 15) is 0 Å². The monoisotopic (exact) mass is 359 g/mol. The molecule has 1 aromatic heterocycles. The Kier molecular flexibility index (Phi) is 5.12. The Bertz CT molecular complexity index is 883. The maximum Gasteiger partial charge on any atom is 0.138 e. The Morgan fingerprint density at radius 1 is 1.12 bits per heavy atom. The summed E-state index contributed by atoms with van der Waals surface area (Å²) in [5.41, 5.74) is 4.04. The van der Waals surface area contributed by atoms with Crippen LogP contribution in [-0.2, 0) is 6.54 Å². The van der Waals surface area contributed by atoms with Crippen molar-refractivity contribution in [3.63, 3.8) is 0 Å². The summed E-state index contributed by atoms with van der Waals surface area (Å²) in [7, 11) is 0. The molecule has 0 aliphatic rings. The number of para-hydroxylation sites is 1. The van der Waals surface area contributed by atoms with E-state index in [0.29, 0.717) is 10.0 Å². The first-order valence-corrected chi connectivity index (χ1v) is 8.76. The van der Waals surface area contributed by atoms with Crippen molar-refractivity contribution in [2.24, 2.45) is 0 Å². The van der Waals surface area contributed by atoms with Crippen molar-refractivity contribution in [2.75, 3.05) is 5.32 Å². The molecule has 0 bridgehead atoms. The molecular weight excluding hydrogens is 341 g/mol. The molecule has 0 aliphatic carbocycles. The van der Waals surface area contributed by atoms with Crippen molar-refractivity contribution in [1.82, 2.24) is 9.55 Å². The molecule has 0 amide bonds. The molecule has 0 fully saturated rings. The van der Waals surface area contributed by atoms with Crippen LogP contribution in [0.1, 0.15) is 26.1 Å². The Morgan fingerprint density at radius 2 is 1.83 bits per heavy atom. The first kappa shape index (κ1) is 16.9. The molecule has 3 rings (SSSR count). The topological polar surface area (TPSA) is 29.9 Å². The van der Waals surface area contributed by atoms with E-state index in [1.165, 1.54) is 0 Å². The van der Waals surface area contributed by atoms with Crippen LogP contribution >= 0.6 is 23.2 Å². The van der Waals surface area contributed by atoms with Crippen LogP contribution in [0, 0.1) is 0 Å². The highest BCUT2D eigenvalue weighted by Gasteiger charge is 2.14. The lowest BCUT2D eigenvalue weighted by Gasteiger charge is -2.09. The number of aryl methyl sites for hydroxylation is 1. The van der Waals surface area contributed by atoms with E-state index in [-0.39, 0.29) is 0 Å². The SMILES string of the molecule is CCC(=CNc1ccccc1)c1nc2cc(Cl)c(Cl)cc2n1CC. The molecule has 0 atom stereocenters. The summed E-state index contributed by atoms with van der Waals surface area (Å²) in [5, 5.41) is 4.42. The molecule has 3 aromatic rings. The Labute approximate surface area is 151 Å². The molecular formula is C19H19Cl2N3. The first-order valence-electron chi connectivity index (χ1n) is 8.00. The minimum atomic E-state index is 0.529. The largest absolute Gasteiger partial charge is 0.361 e. The van der Waals surface area contributed by atoms with Crippen LogP contribution in [0.15, 0.2) is 48.7 Å². The zero-order valence-electron chi connectivity index (χ0n) is 13.7. The van der Waals surface area contributed by atoms with Crippen molar-refractivity contribution in [1.29, 1.82) is 0 Å². The zero-order valence-corrected chi connectivity index (χ0v) is 15.2. The van der Waals surface area contributed by atoms with Gasteiger partial charge in [0.2, 0.25) is 0 Å². The molecule has 24 heavy (non-hydrogen) atoms. The first-order chi connectivity index (χ1) is 11.6. The van der Waals surface area contributed by atoms with Gasteiger partial charge in [-0.3, -0.25) is 0 Å². The third kappa shape index (κ3) is 3.28. The van der Waals surface area contributed by atoms with Gasteiger partial charge in [-0.2, -0.15) is 0 Å². The number of nitrogens with zero attached hydrogens (tertiary/aromatic N) is 2. The predicted molar refractivity (Wildman–Crippen MR) is 104 cm³/mol. The molecule has 5 heteroatoms. The van der Waals surface area contributed by atoms with E-state index in [2.05, 4.69) is 23.7 Å². The Morgan fingerprint density at radius 3 is 2.50 bits per heavy atom. The van der Waals surface area contributed by atoms with Gasteiger partial charge in [-0.05, 0) is 37.6 Å². The molecule has 0 saturated heterocycles. The summed E-state index contributed by atoms with van der Waals surface area (Å²) in [6.07, 6.45) is 2.89. The summed E-state index contributed by atoms with van der Waals surface area (Å²) in [4.78, 5) is 4.78. The second-order valence-electron chi connectivity index (χ2n) is 5.47. The number of allylic oxidation sites excluding steroid dienone is 1. The van der Waals surface area contributed by atoms with Crippen LogP contribution in [-0.4, -0.2) is 9.55 Å². The molecule has 0 aliphatic heterocycles. The fourth-order valence-corrected chi connectivity index (χ4v) is 3.03. The second kappa shape index (κ2) is 7.29. The predicted octanol–water partition coefficient (Wildman–Crippen LogP) is 6.23. The Balaban J connectivity index is 2.05. The highest BCUT2D eigenvalue weighted by Crippen LogP contribution is 2.30. The number of imidazole rings is 1. The number of nitrogens with one attached hydrogen (secondary N) is 1. The summed E-state index contributed by atoms with van der Waals surface area (Å²) in [6.45, 7) is 5.04. The van der Waals surface area contributed by atoms with E-state index in [4.69, 9.17) is 28.2 Å². The van der Waals surface area contributed by atoms with Crippen molar-refractivity contribution >= 4 is 45.5 Å². The molecule has 0 saturated carbocycles. The minimum Gasteiger partial charge on any atom is -0.361 e. The van der Waals surface area contributed by atoms with Gasteiger partial charge in [0, 0.05) is 24.0 Å². The molecule has 0 spiro atoms. The van der Waals surface area contributed by atoms with Crippen molar-refractivity contribution in [3.8, 4) is 0 Å². The number of fused-ring (bicyclic) bond motifs is 1. The number of aromatic nitrogens is 2. The molecule has 2 aromatic carbocycles. The Hall–Kier alpha value is -1.97. The van der Waals surface area contributed by atoms with Crippen LogP contribution in [0.4, 0.5) is 5.69 Å². The van der Waals surface area contributed by atoms with E-state index in [0.717, 1.165) is 41.1 Å². The third-order valence-electron chi connectivity index (χ3n) is 3.96. The van der Waals surface area contributed by atoms with Crippen LogP contribution in [0.5, 0.6) is 0 Å². The van der Waals surface area contributed by atoms with E-state index < -0.39 is 0 Å². The fourth-order valence-electron chi connectivity index (χ4n) is 2.71. The average molecular weight is 360 g/mol. The van der Waals surface area contributed by atoms with Gasteiger partial charge in [-0.25, -0.2) is 4.98 Å². The minimum absolute atomic E-state index is 0.529. The lowest BCUT2D eigenvalue weighted by molar-refractivity contribution is 0.769. The van der Waals surface area contributed by atoms with Gasteiger partial charge in [0.05, 0.1) is 21.1 Å². The highest BCUT2D eigenvalue weighted by molar-refractivity contribution is 6.42. The van der Waals surface area contributed by atoms with Crippen LogP contribution < -0.4 is 5.32 Å².